The number of amides is 1. The number of hydrogen-bond acceptors (Lipinski definition) is 5. The number of allylic oxidation sites excluding steroid dienone is 4. The van der Waals surface area contributed by atoms with Crippen LogP contribution in [0.15, 0.2) is 24.3 Å². The maximum Gasteiger partial charge on any atom is 0.305 e. The number of carbonyl (C=O) groups is 2. The molecule has 0 aliphatic heterocycles. The molecule has 2 atom stereocenters. The largest absolute Gasteiger partial charge is 0.466 e. The molecule has 2 unspecified atom stereocenters. The van der Waals surface area contributed by atoms with Crippen LogP contribution in [0.4, 0.5) is 0 Å². The Labute approximate surface area is 526 Å². The molecule has 0 saturated carbocycles. The lowest BCUT2D eigenvalue weighted by Gasteiger charge is -2.22. The Kier molecular flexibility index (Phi) is 72.3. The van der Waals surface area contributed by atoms with Gasteiger partial charge in [0.1, 0.15) is 0 Å². The van der Waals surface area contributed by atoms with Crippen LogP contribution in [0.5, 0.6) is 0 Å². The van der Waals surface area contributed by atoms with Crippen molar-refractivity contribution in [3.05, 3.63) is 24.3 Å². The fourth-order valence-corrected chi connectivity index (χ4v) is 12.4. The monoisotopic (exact) mass is 1180 g/mol. The van der Waals surface area contributed by atoms with Crippen LogP contribution >= 0.6 is 0 Å². The van der Waals surface area contributed by atoms with Gasteiger partial charge in [-0.3, -0.25) is 9.59 Å². The summed E-state index contributed by atoms with van der Waals surface area (Å²) in [6.07, 6.45) is 94.0. The molecule has 3 N–H and O–H groups in total. The van der Waals surface area contributed by atoms with Gasteiger partial charge in [-0.15, -0.1) is 0 Å². The summed E-state index contributed by atoms with van der Waals surface area (Å²) in [4.78, 5) is 24.7. The molecule has 0 saturated heterocycles. The molecule has 0 bridgehead atoms. The second kappa shape index (κ2) is 73.8. The molecule has 0 aromatic rings. The molecule has 0 spiro atoms. The first-order valence-electron chi connectivity index (χ1n) is 38.6. The van der Waals surface area contributed by atoms with E-state index in [9.17, 15) is 19.8 Å². The molecule has 6 nitrogen and oxygen atoms in total. The molecule has 0 radical (unpaired) electrons. The normalized spacial score (nSPS) is 12.6. The van der Waals surface area contributed by atoms with E-state index in [1.54, 1.807) is 0 Å². The second-order valence-electron chi connectivity index (χ2n) is 26.7. The number of nitrogens with one attached hydrogen (secondary N) is 1. The third kappa shape index (κ3) is 69.4. The standard InChI is InChI=1S/C78H151NO5/c1-3-5-7-9-11-13-15-17-19-21-35-39-42-46-50-54-58-62-66-70-76(81)75(74-80)79-77(82)71-67-63-59-55-51-47-43-40-36-33-31-29-27-25-23-22-24-26-28-30-32-34-37-41-45-49-53-57-61-65-69-73-84-78(83)72-68-64-60-56-52-48-44-38-20-18-16-14-12-10-8-6-4-2/h24,26,30,32,75-76,80-81H,3-23,25,27-29,31,33-74H2,1-2H3,(H,79,82)/b26-24-,32-30-. The first-order chi connectivity index (χ1) is 41.5. The zero-order valence-electron chi connectivity index (χ0n) is 57.2. The fraction of sp³-hybridized carbons (Fsp3) is 0.923. The Morgan fingerprint density at radius 1 is 0.333 bits per heavy atom. The van der Waals surface area contributed by atoms with Crippen molar-refractivity contribution >= 4 is 11.9 Å². The van der Waals surface area contributed by atoms with Gasteiger partial charge in [-0.25, -0.2) is 0 Å². The number of ether oxygens (including phenoxy) is 1. The number of carbonyl (C=O) groups excluding carboxylic acids is 2. The number of rotatable bonds is 73. The van der Waals surface area contributed by atoms with Crippen LogP contribution in [0.1, 0.15) is 438 Å². The van der Waals surface area contributed by atoms with Gasteiger partial charge in [-0.1, -0.05) is 391 Å². The Bertz CT molecular complexity index is 1320. The summed E-state index contributed by atoms with van der Waals surface area (Å²) in [6, 6.07) is -0.542. The average molecular weight is 1180 g/mol. The molecular weight excluding hydrogens is 1030 g/mol. The summed E-state index contributed by atoms with van der Waals surface area (Å²) < 4.78 is 5.51. The smallest absolute Gasteiger partial charge is 0.305 e. The van der Waals surface area contributed by atoms with Crippen LogP contribution in [-0.2, 0) is 14.3 Å². The van der Waals surface area contributed by atoms with E-state index < -0.39 is 12.1 Å². The van der Waals surface area contributed by atoms with Crippen molar-refractivity contribution in [2.45, 2.75) is 450 Å². The highest BCUT2D eigenvalue weighted by Gasteiger charge is 2.20. The highest BCUT2D eigenvalue weighted by Crippen LogP contribution is 2.20. The van der Waals surface area contributed by atoms with Gasteiger partial charge in [0.05, 0.1) is 25.4 Å². The van der Waals surface area contributed by atoms with Gasteiger partial charge in [0.2, 0.25) is 5.91 Å². The van der Waals surface area contributed by atoms with Crippen LogP contribution in [0.3, 0.4) is 0 Å². The minimum Gasteiger partial charge on any atom is -0.466 e. The molecule has 84 heavy (non-hydrogen) atoms. The first kappa shape index (κ1) is 82.3. The summed E-state index contributed by atoms with van der Waals surface area (Å²) >= 11 is 0. The molecule has 0 aliphatic rings. The number of aliphatic hydroxyl groups is 2. The zero-order valence-corrected chi connectivity index (χ0v) is 57.2. The van der Waals surface area contributed by atoms with E-state index in [1.165, 1.54) is 360 Å². The van der Waals surface area contributed by atoms with E-state index in [-0.39, 0.29) is 18.5 Å². The predicted molar refractivity (Wildman–Crippen MR) is 370 cm³/mol. The van der Waals surface area contributed by atoms with Crippen molar-refractivity contribution in [2.24, 2.45) is 0 Å². The van der Waals surface area contributed by atoms with Crippen molar-refractivity contribution in [3.8, 4) is 0 Å². The zero-order chi connectivity index (χ0) is 60.6. The molecule has 6 heteroatoms. The van der Waals surface area contributed by atoms with Gasteiger partial charge >= 0.3 is 5.97 Å². The number of aliphatic hydroxyl groups excluding tert-OH is 2. The average Bonchev–Trinajstić information content (AvgIpc) is 3.52. The number of unbranched alkanes of at least 4 members (excludes halogenated alkanes) is 58. The SMILES string of the molecule is CCCCCCCCCCCCCCCCCCCCCC(O)C(CO)NC(=O)CCCCCCCCCCCCCCCCC/C=C\C/C=C\CCCCCCCCCCCOC(=O)CCCCCCCCCCCCCCCCCCC. The Hall–Kier alpha value is -1.66. The lowest BCUT2D eigenvalue weighted by molar-refractivity contribution is -0.143. The summed E-state index contributed by atoms with van der Waals surface area (Å²) in [5, 5.41) is 23.4. The lowest BCUT2D eigenvalue weighted by Crippen LogP contribution is -2.45. The minimum atomic E-state index is -0.665. The summed E-state index contributed by atoms with van der Waals surface area (Å²) in [5.74, 6) is -0.0116. The van der Waals surface area contributed by atoms with Crippen LogP contribution < -0.4 is 5.32 Å². The second-order valence-corrected chi connectivity index (χ2v) is 26.7. The van der Waals surface area contributed by atoms with E-state index >= 15 is 0 Å². The summed E-state index contributed by atoms with van der Waals surface area (Å²) in [5.41, 5.74) is 0. The highest BCUT2D eigenvalue weighted by molar-refractivity contribution is 5.76. The van der Waals surface area contributed by atoms with Gasteiger partial charge in [0.25, 0.3) is 0 Å². The quantitative estimate of drug-likeness (QED) is 0.0320. The molecule has 0 fully saturated rings. The molecule has 0 rings (SSSR count). The Morgan fingerprint density at radius 2 is 0.595 bits per heavy atom. The molecule has 1 amide bonds. The highest BCUT2D eigenvalue weighted by atomic mass is 16.5. The van der Waals surface area contributed by atoms with Gasteiger partial charge in [-0.2, -0.15) is 0 Å². The Morgan fingerprint density at radius 3 is 0.905 bits per heavy atom. The van der Waals surface area contributed by atoms with Crippen molar-refractivity contribution in [1.82, 2.24) is 5.32 Å². The molecular formula is C78H151NO5. The third-order valence-electron chi connectivity index (χ3n) is 18.3. The molecule has 0 aromatic heterocycles. The van der Waals surface area contributed by atoms with Crippen molar-refractivity contribution < 1.29 is 24.5 Å². The van der Waals surface area contributed by atoms with E-state index in [0.717, 1.165) is 44.9 Å². The topological polar surface area (TPSA) is 95.9 Å². The molecule has 0 aromatic carbocycles. The lowest BCUT2D eigenvalue weighted by atomic mass is 10.0. The van der Waals surface area contributed by atoms with Crippen molar-refractivity contribution in [3.63, 3.8) is 0 Å². The van der Waals surface area contributed by atoms with E-state index in [0.29, 0.717) is 25.9 Å². The van der Waals surface area contributed by atoms with Gasteiger partial charge in [0.15, 0.2) is 0 Å². The molecule has 498 valence electrons. The van der Waals surface area contributed by atoms with Crippen LogP contribution in [0.25, 0.3) is 0 Å². The van der Waals surface area contributed by atoms with E-state index in [1.807, 2.05) is 0 Å². The van der Waals surface area contributed by atoms with Gasteiger partial charge in [-0.05, 0) is 57.8 Å². The summed E-state index contributed by atoms with van der Waals surface area (Å²) in [7, 11) is 0. The predicted octanol–water partition coefficient (Wildman–Crippen LogP) is 25.3. The third-order valence-corrected chi connectivity index (χ3v) is 18.3. The van der Waals surface area contributed by atoms with Crippen molar-refractivity contribution in [2.75, 3.05) is 13.2 Å². The maximum absolute atomic E-state index is 12.5. The summed E-state index contributed by atoms with van der Waals surface area (Å²) in [6.45, 7) is 5.00. The van der Waals surface area contributed by atoms with E-state index in [4.69, 9.17) is 4.74 Å². The van der Waals surface area contributed by atoms with Crippen LogP contribution in [0, 0.1) is 0 Å². The van der Waals surface area contributed by atoms with Crippen molar-refractivity contribution in [1.29, 1.82) is 0 Å². The number of hydrogen-bond donors (Lipinski definition) is 3. The fourth-order valence-electron chi connectivity index (χ4n) is 12.4. The van der Waals surface area contributed by atoms with Gasteiger partial charge in [0, 0.05) is 12.8 Å². The Balaban J connectivity index is 3.37. The first-order valence-corrected chi connectivity index (χ1v) is 38.6. The van der Waals surface area contributed by atoms with Gasteiger partial charge < -0.3 is 20.3 Å². The minimum absolute atomic E-state index is 0.0182. The van der Waals surface area contributed by atoms with Crippen LogP contribution in [0.2, 0.25) is 0 Å². The molecule has 0 heterocycles. The molecule has 0 aliphatic carbocycles. The van der Waals surface area contributed by atoms with Crippen LogP contribution in [-0.4, -0.2) is 47.4 Å². The maximum atomic E-state index is 12.5. The number of esters is 1. The van der Waals surface area contributed by atoms with E-state index in [2.05, 4.69) is 43.5 Å².